The molecule has 9 nitrogen and oxygen atoms in total. The van der Waals surface area contributed by atoms with Crippen molar-refractivity contribution in [3.8, 4) is 0 Å². The average molecular weight is 372 g/mol. The monoisotopic (exact) mass is 372 g/mol. The predicted molar refractivity (Wildman–Crippen MR) is 97.4 cm³/mol. The van der Waals surface area contributed by atoms with Crippen LogP contribution in [0.5, 0.6) is 0 Å². The minimum atomic E-state index is -0.245. The number of aryl methyl sites for hydroxylation is 1. The summed E-state index contributed by atoms with van der Waals surface area (Å²) in [5.74, 6) is 0.485. The van der Waals surface area contributed by atoms with Gasteiger partial charge < -0.3 is 15.0 Å². The molecule has 0 aromatic carbocycles. The molecule has 2 N–H and O–H groups in total. The molecule has 0 spiro atoms. The number of likely N-dealkylation sites (tertiary alicyclic amines) is 1. The molecule has 4 rings (SSSR count). The number of amides is 2. The highest BCUT2D eigenvalue weighted by Crippen LogP contribution is 2.36. The quantitative estimate of drug-likeness (QED) is 0.856. The van der Waals surface area contributed by atoms with E-state index in [-0.39, 0.29) is 24.0 Å². The number of rotatable bonds is 4. The summed E-state index contributed by atoms with van der Waals surface area (Å²) in [6, 6.07) is 1.85. The van der Waals surface area contributed by atoms with Crippen LogP contribution < -0.4 is 5.32 Å². The molecule has 0 radical (unpaired) electrons. The first-order chi connectivity index (χ1) is 13.1. The van der Waals surface area contributed by atoms with E-state index in [1.54, 1.807) is 22.8 Å². The number of hydrogen-bond donors (Lipinski definition) is 2. The lowest BCUT2D eigenvalue weighted by molar-refractivity contribution is 0.0709. The fourth-order valence-corrected chi connectivity index (χ4v) is 3.78. The van der Waals surface area contributed by atoms with Crippen LogP contribution in [0.3, 0.4) is 0 Å². The summed E-state index contributed by atoms with van der Waals surface area (Å²) in [6.45, 7) is 1.60. The molecular weight excluding hydrogens is 348 g/mol. The molecule has 1 aliphatic carbocycles. The number of carbonyl (C=O) groups excluding carboxylic acids is 2. The molecule has 2 aliphatic rings. The summed E-state index contributed by atoms with van der Waals surface area (Å²) < 4.78 is 7.23. The number of hydrogen-bond acceptors (Lipinski definition) is 5. The van der Waals surface area contributed by atoms with Gasteiger partial charge in [0.1, 0.15) is 6.10 Å². The number of aromatic amines is 1. The number of ether oxygens (including phenoxy) is 1. The molecule has 9 heteroatoms. The maximum absolute atomic E-state index is 12.2. The Morgan fingerprint density at radius 2 is 2.11 bits per heavy atom. The smallest absolute Gasteiger partial charge is 0.410 e. The van der Waals surface area contributed by atoms with Gasteiger partial charge in [-0.3, -0.25) is 14.6 Å². The minimum Gasteiger partial charge on any atom is -0.446 e. The first-order valence-electron chi connectivity index (χ1n) is 9.39. The second-order valence-electron chi connectivity index (χ2n) is 7.28. The molecule has 1 saturated carbocycles. The Hall–Kier alpha value is -2.84. The zero-order valence-electron chi connectivity index (χ0n) is 15.4. The first kappa shape index (κ1) is 17.6. The molecule has 1 saturated heterocycles. The second-order valence-corrected chi connectivity index (χ2v) is 7.28. The summed E-state index contributed by atoms with van der Waals surface area (Å²) >= 11 is 0. The fraction of sp³-hybridized carbons (Fsp3) is 0.556. The van der Waals surface area contributed by atoms with Gasteiger partial charge in [-0.05, 0) is 32.1 Å². The van der Waals surface area contributed by atoms with Crippen LogP contribution >= 0.6 is 0 Å². The Morgan fingerprint density at radius 1 is 1.30 bits per heavy atom. The van der Waals surface area contributed by atoms with E-state index in [0.29, 0.717) is 11.4 Å². The van der Waals surface area contributed by atoms with Crippen LogP contribution in [0, 0.1) is 0 Å². The topological polar surface area (TPSA) is 105 Å². The van der Waals surface area contributed by atoms with Crippen LogP contribution in [0.2, 0.25) is 0 Å². The van der Waals surface area contributed by atoms with Crippen molar-refractivity contribution in [3.05, 3.63) is 29.7 Å². The summed E-state index contributed by atoms with van der Waals surface area (Å²) in [5, 5.41) is 13.9. The Kier molecular flexibility index (Phi) is 4.83. The molecule has 2 atom stereocenters. The number of carbonyl (C=O) groups is 2. The predicted octanol–water partition coefficient (Wildman–Crippen LogP) is 2.26. The Morgan fingerprint density at radius 3 is 2.85 bits per heavy atom. The molecule has 2 amide bonds. The standard InChI is InChI=1S/C18H24N6O3/c1-23-11-13(10-19-23)17(25)20-16-9-15(21-22-16)12-4-5-14(8-12)27-18(26)24-6-2-3-7-24/h9-12,14H,2-8H2,1H3,(H2,20,21,22,25)/t12-,14+/m0/s1. The van der Waals surface area contributed by atoms with Gasteiger partial charge in [-0.15, -0.1) is 0 Å². The third kappa shape index (κ3) is 3.96. The van der Waals surface area contributed by atoms with E-state index < -0.39 is 0 Å². The van der Waals surface area contributed by atoms with Gasteiger partial charge in [0.25, 0.3) is 5.91 Å². The van der Waals surface area contributed by atoms with Gasteiger partial charge in [-0.25, -0.2) is 4.79 Å². The van der Waals surface area contributed by atoms with E-state index in [4.69, 9.17) is 4.74 Å². The second kappa shape index (κ2) is 7.42. The van der Waals surface area contributed by atoms with E-state index in [2.05, 4.69) is 20.6 Å². The molecule has 2 aromatic heterocycles. The third-order valence-corrected chi connectivity index (χ3v) is 5.26. The van der Waals surface area contributed by atoms with E-state index in [0.717, 1.165) is 50.9 Å². The van der Waals surface area contributed by atoms with Crippen molar-refractivity contribution in [1.29, 1.82) is 0 Å². The summed E-state index contributed by atoms with van der Waals surface area (Å²) in [6.07, 6.45) is 7.59. The zero-order chi connectivity index (χ0) is 18.8. The van der Waals surface area contributed by atoms with Gasteiger partial charge in [0.15, 0.2) is 5.82 Å². The molecule has 2 fully saturated rings. The van der Waals surface area contributed by atoms with Crippen molar-refractivity contribution in [2.45, 2.75) is 44.1 Å². The SMILES string of the molecule is Cn1cc(C(=O)Nc2cc([C@H]3CC[C@@H](OC(=O)N4CCCC4)C3)[nH]n2)cn1. The molecule has 2 aromatic rings. The fourth-order valence-electron chi connectivity index (χ4n) is 3.78. The summed E-state index contributed by atoms with van der Waals surface area (Å²) in [7, 11) is 1.76. The van der Waals surface area contributed by atoms with Gasteiger partial charge in [0, 0.05) is 44.0 Å². The van der Waals surface area contributed by atoms with Crippen LogP contribution in [-0.2, 0) is 11.8 Å². The normalized spacial score (nSPS) is 22.2. The lowest BCUT2D eigenvalue weighted by atomic mass is 10.0. The van der Waals surface area contributed by atoms with E-state index in [9.17, 15) is 9.59 Å². The molecule has 3 heterocycles. The Bertz CT molecular complexity index is 823. The maximum Gasteiger partial charge on any atom is 0.410 e. The van der Waals surface area contributed by atoms with E-state index in [1.165, 1.54) is 6.20 Å². The lowest BCUT2D eigenvalue weighted by Crippen LogP contribution is -2.31. The maximum atomic E-state index is 12.2. The van der Waals surface area contributed by atoms with Gasteiger partial charge in [-0.1, -0.05) is 0 Å². The number of nitrogens with zero attached hydrogens (tertiary/aromatic N) is 4. The van der Waals surface area contributed by atoms with Gasteiger partial charge in [-0.2, -0.15) is 10.2 Å². The Labute approximate surface area is 157 Å². The Balaban J connectivity index is 1.31. The van der Waals surface area contributed by atoms with E-state index in [1.807, 2.05) is 6.07 Å². The number of anilines is 1. The third-order valence-electron chi connectivity index (χ3n) is 5.26. The number of aromatic nitrogens is 4. The zero-order valence-corrected chi connectivity index (χ0v) is 15.4. The lowest BCUT2D eigenvalue weighted by Gasteiger charge is -2.19. The van der Waals surface area contributed by atoms with Crippen molar-refractivity contribution in [1.82, 2.24) is 24.9 Å². The molecule has 0 unspecified atom stereocenters. The first-order valence-corrected chi connectivity index (χ1v) is 9.39. The van der Waals surface area contributed by atoms with Crippen molar-refractivity contribution in [3.63, 3.8) is 0 Å². The van der Waals surface area contributed by atoms with Crippen molar-refractivity contribution >= 4 is 17.8 Å². The highest BCUT2D eigenvalue weighted by atomic mass is 16.6. The highest BCUT2D eigenvalue weighted by molar-refractivity contribution is 6.03. The van der Waals surface area contributed by atoms with Crippen LogP contribution in [0.25, 0.3) is 0 Å². The molecule has 0 bridgehead atoms. The molecule has 27 heavy (non-hydrogen) atoms. The van der Waals surface area contributed by atoms with Crippen molar-refractivity contribution in [2.75, 3.05) is 18.4 Å². The number of H-pyrrole nitrogens is 1. The van der Waals surface area contributed by atoms with Crippen molar-refractivity contribution < 1.29 is 14.3 Å². The average Bonchev–Trinajstić information content (AvgIpc) is 3.42. The summed E-state index contributed by atoms with van der Waals surface area (Å²) in [5.41, 5.74) is 1.44. The molecule has 1 aliphatic heterocycles. The van der Waals surface area contributed by atoms with Crippen LogP contribution in [0.1, 0.15) is 54.1 Å². The van der Waals surface area contributed by atoms with Gasteiger partial charge >= 0.3 is 6.09 Å². The van der Waals surface area contributed by atoms with Gasteiger partial charge in [0.05, 0.1) is 11.8 Å². The molecule has 144 valence electrons. The minimum absolute atomic E-state index is 0.0557. The van der Waals surface area contributed by atoms with Crippen LogP contribution in [-0.4, -0.2) is 56.1 Å². The van der Waals surface area contributed by atoms with Gasteiger partial charge in [0.2, 0.25) is 0 Å². The van der Waals surface area contributed by atoms with Crippen molar-refractivity contribution in [2.24, 2.45) is 7.05 Å². The van der Waals surface area contributed by atoms with Crippen LogP contribution in [0.4, 0.5) is 10.6 Å². The van der Waals surface area contributed by atoms with E-state index >= 15 is 0 Å². The summed E-state index contributed by atoms with van der Waals surface area (Å²) in [4.78, 5) is 26.1. The highest BCUT2D eigenvalue weighted by Gasteiger charge is 2.31. The number of nitrogens with one attached hydrogen (secondary N) is 2. The van der Waals surface area contributed by atoms with Crippen LogP contribution in [0.15, 0.2) is 18.5 Å². The largest absolute Gasteiger partial charge is 0.446 e. The molecular formula is C18H24N6O3.